The lowest BCUT2D eigenvalue weighted by Gasteiger charge is -2.05. The van der Waals surface area contributed by atoms with Gasteiger partial charge in [0.2, 0.25) is 0 Å². The van der Waals surface area contributed by atoms with E-state index in [4.69, 9.17) is 0 Å². The van der Waals surface area contributed by atoms with E-state index in [9.17, 15) is 4.79 Å². The number of benzene rings is 3. The SMILES string of the molecule is O=Cc1c2ccccc2[c]c2ccccc12. The third-order valence-corrected chi connectivity index (χ3v) is 2.82. The van der Waals surface area contributed by atoms with Gasteiger partial charge in [0.15, 0.2) is 6.29 Å². The summed E-state index contributed by atoms with van der Waals surface area (Å²) in [5.74, 6) is 0. The summed E-state index contributed by atoms with van der Waals surface area (Å²) in [4.78, 5) is 11.2. The van der Waals surface area contributed by atoms with Crippen LogP contribution in [0.4, 0.5) is 0 Å². The molecule has 0 aromatic heterocycles. The van der Waals surface area contributed by atoms with Crippen LogP contribution < -0.4 is 0 Å². The lowest BCUT2D eigenvalue weighted by atomic mass is 9.98. The van der Waals surface area contributed by atoms with Crippen LogP contribution in [0.2, 0.25) is 0 Å². The van der Waals surface area contributed by atoms with Crippen molar-refractivity contribution >= 4 is 27.8 Å². The Hall–Kier alpha value is -2.15. The lowest BCUT2D eigenvalue weighted by Crippen LogP contribution is -1.87. The zero-order chi connectivity index (χ0) is 11.0. The highest BCUT2D eigenvalue weighted by Gasteiger charge is 2.05. The quantitative estimate of drug-likeness (QED) is 0.438. The van der Waals surface area contributed by atoms with Crippen LogP contribution in [0, 0.1) is 6.07 Å². The number of rotatable bonds is 1. The van der Waals surface area contributed by atoms with Crippen molar-refractivity contribution in [1.29, 1.82) is 0 Å². The third kappa shape index (κ3) is 1.22. The van der Waals surface area contributed by atoms with Gasteiger partial charge in [-0.2, -0.15) is 0 Å². The Balaban J connectivity index is 2.61. The van der Waals surface area contributed by atoms with Crippen LogP contribution in [0.25, 0.3) is 21.5 Å². The number of carbonyl (C=O) groups is 1. The molecule has 0 aliphatic rings. The zero-order valence-electron chi connectivity index (χ0n) is 8.60. The molecular formula is C15H9O. The molecule has 3 rings (SSSR count). The molecule has 16 heavy (non-hydrogen) atoms. The van der Waals surface area contributed by atoms with Gasteiger partial charge in [0.05, 0.1) is 0 Å². The van der Waals surface area contributed by atoms with E-state index in [0.717, 1.165) is 33.4 Å². The highest BCUT2D eigenvalue weighted by Crippen LogP contribution is 2.26. The second kappa shape index (κ2) is 3.46. The molecule has 0 heterocycles. The monoisotopic (exact) mass is 205 g/mol. The first-order chi connectivity index (χ1) is 7.90. The van der Waals surface area contributed by atoms with Crippen LogP contribution in [0.1, 0.15) is 10.4 Å². The highest BCUT2D eigenvalue weighted by molar-refractivity contribution is 6.11. The fraction of sp³-hybridized carbons (Fsp3) is 0. The molecule has 0 atom stereocenters. The topological polar surface area (TPSA) is 17.1 Å². The summed E-state index contributed by atoms with van der Waals surface area (Å²) in [7, 11) is 0. The average molecular weight is 205 g/mol. The van der Waals surface area contributed by atoms with Gasteiger partial charge in [-0.15, -0.1) is 0 Å². The fourth-order valence-electron chi connectivity index (χ4n) is 2.07. The molecule has 0 saturated heterocycles. The number of fused-ring (bicyclic) bond motifs is 2. The lowest BCUT2D eigenvalue weighted by molar-refractivity contribution is 0.112. The van der Waals surface area contributed by atoms with Crippen LogP contribution in [0.5, 0.6) is 0 Å². The number of aldehydes is 1. The van der Waals surface area contributed by atoms with E-state index in [0.29, 0.717) is 0 Å². The Labute approximate surface area is 93.3 Å². The van der Waals surface area contributed by atoms with Crippen LogP contribution in [-0.2, 0) is 0 Å². The van der Waals surface area contributed by atoms with Gasteiger partial charge in [0, 0.05) is 5.56 Å². The van der Waals surface area contributed by atoms with Gasteiger partial charge in [-0.1, -0.05) is 48.5 Å². The molecule has 0 saturated carbocycles. The molecule has 0 spiro atoms. The van der Waals surface area contributed by atoms with E-state index in [1.165, 1.54) is 0 Å². The van der Waals surface area contributed by atoms with E-state index in [-0.39, 0.29) is 0 Å². The Bertz CT molecular complexity index is 629. The van der Waals surface area contributed by atoms with Crippen LogP contribution >= 0.6 is 0 Å². The Morgan fingerprint density at radius 2 is 1.31 bits per heavy atom. The van der Waals surface area contributed by atoms with E-state index in [2.05, 4.69) is 6.07 Å². The molecule has 0 unspecified atom stereocenters. The minimum Gasteiger partial charge on any atom is -0.298 e. The molecule has 1 radical (unpaired) electrons. The molecule has 0 fully saturated rings. The van der Waals surface area contributed by atoms with Crippen molar-refractivity contribution in [1.82, 2.24) is 0 Å². The first kappa shape index (κ1) is 9.10. The molecule has 0 amide bonds. The average Bonchev–Trinajstić information content (AvgIpc) is 2.36. The van der Waals surface area contributed by atoms with Gasteiger partial charge >= 0.3 is 0 Å². The molecule has 0 bridgehead atoms. The predicted molar refractivity (Wildman–Crippen MR) is 65.7 cm³/mol. The predicted octanol–water partition coefficient (Wildman–Crippen LogP) is 3.61. The number of carbonyl (C=O) groups excluding carboxylic acids is 1. The molecule has 1 nitrogen and oxygen atoms in total. The number of hydrogen-bond acceptors (Lipinski definition) is 1. The van der Waals surface area contributed by atoms with Gasteiger partial charge in [0.25, 0.3) is 0 Å². The second-order valence-electron chi connectivity index (χ2n) is 3.75. The molecule has 1 heteroatoms. The van der Waals surface area contributed by atoms with Crippen LogP contribution in [-0.4, -0.2) is 6.29 Å². The van der Waals surface area contributed by atoms with Crippen LogP contribution in [0.15, 0.2) is 48.5 Å². The van der Waals surface area contributed by atoms with Gasteiger partial charge in [-0.05, 0) is 27.6 Å². The normalized spacial score (nSPS) is 10.8. The van der Waals surface area contributed by atoms with E-state index in [1.54, 1.807) is 0 Å². The zero-order valence-corrected chi connectivity index (χ0v) is 8.60. The molecular weight excluding hydrogens is 196 g/mol. The van der Waals surface area contributed by atoms with Crippen LogP contribution in [0.3, 0.4) is 0 Å². The maximum atomic E-state index is 11.2. The number of hydrogen-bond donors (Lipinski definition) is 0. The van der Waals surface area contributed by atoms with Crippen molar-refractivity contribution in [2.24, 2.45) is 0 Å². The standard InChI is InChI=1S/C15H9O/c16-10-15-13-7-3-1-5-11(13)9-12-6-2-4-8-14(12)15/h1-8,10H. The van der Waals surface area contributed by atoms with Crippen molar-refractivity contribution in [3.05, 3.63) is 60.2 Å². The summed E-state index contributed by atoms with van der Waals surface area (Å²) < 4.78 is 0. The molecule has 0 N–H and O–H groups in total. The summed E-state index contributed by atoms with van der Waals surface area (Å²) in [6.07, 6.45) is 0.929. The summed E-state index contributed by atoms with van der Waals surface area (Å²) in [6.45, 7) is 0. The van der Waals surface area contributed by atoms with Crippen molar-refractivity contribution in [2.45, 2.75) is 0 Å². The smallest absolute Gasteiger partial charge is 0.151 e. The molecule has 0 aliphatic heterocycles. The molecule has 3 aromatic rings. The van der Waals surface area contributed by atoms with Gasteiger partial charge in [-0.25, -0.2) is 0 Å². The molecule has 75 valence electrons. The van der Waals surface area contributed by atoms with Gasteiger partial charge in [-0.3, -0.25) is 4.79 Å². The molecule has 3 aromatic carbocycles. The maximum absolute atomic E-state index is 11.2. The van der Waals surface area contributed by atoms with E-state index < -0.39 is 0 Å². The summed E-state index contributed by atoms with van der Waals surface area (Å²) in [5.41, 5.74) is 0.755. The van der Waals surface area contributed by atoms with Crippen molar-refractivity contribution in [3.8, 4) is 0 Å². The first-order valence-corrected chi connectivity index (χ1v) is 5.18. The van der Waals surface area contributed by atoms with Crippen molar-refractivity contribution in [2.75, 3.05) is 0 Å². The fourth-order valence-corrected chi connectivity index (χ4v) is 2.07. The Morgan fingerprint density at radius 3 is 1.81 bits per heavy atom. The largest absolute Gasteiger partial charge is 0.298 e. The first-order valence-electron chi connectivity index (χ1n) is 5.18. The van der Waals surface area contributed by atoms with E-state index in [1.807, 2.05) is 48.5 Å². The summed E-state index contributed by atoms with van der Waals surface area (Å²) >= 11 is 0. The van der Waals surface area contributed by atoms with Gasteiger partial charge < -0.3 is 0 Å². The third-order valence-electron chi connectivity index (χ3n) is 2.82. The minimum absolute atomic E-state index is 0.755. The molecule has 0 aliphatic carbocycles. The summed E-state index contributed by atoms with van der Waals surface area (Å²) in [6, 6.07) is 19.0. The Morgan fingerprint density at radius 1 is 0.812 bits per heavy atom. The maximum Gasteiger partial charge on any atom is 0.151 e. The summed E-state index contributed by atoms with van der Waals surface area (Å²) in [5, 5.41) is 3.92. The van der Waals surface area contributed by atoms with Crippen molar-refractivity contribution in [3.63, 3.8) is 0 Å². The van der Waals surface area contributed by atoms with E-state index >= 15 is 0 Å². The minimum atomic E-state index is 0.755. The van der Waals surface area contributed by atoms with Gasteiger partial charge in [0.1, 0.15) is 0 Å². The second-order valence-corrected chi connectivity index (χ2v) is 3.75. The van der Waals surface area contributed by atoms with Crippen molar-refractivity contribution < 1.29 is 4.79 Å². The Kier molecular flexibility index (Phi) is 1.97. The highest BCUT2D eigenvalue weighted by atomic mass is 16.1.